The predicted molar refractivity (Wildman–Crippen MR) is 57.6 cm³/mol. The van der Waals surface area contributed by atoms with Gasteiger partial charge in [0.15, 0.2) is 6.19 Å². The zero-order chi connectivity index (χ0) is 11.5. The molecule has 7 heteroatoms. The molecular weight excluding hydrogens is 228 g/mol. The lowest BCUT2D eigenvalue weighted by molar-refractivity contribution is -0.120. The van der Waals surface area contributed by atoms with Gasteiger partial charge >= 0.3 is 0 Å². The minimum absolute atomic E-state index is 0.203. The molecule has 0 fully saturated rings. The van der Waals surface area contributed by atoms with E-state index in [1.807, 2.05) is 5.32 Å². The Balaban J connectivity index is 2.39. The van der Waals surface area contributed by atoms with Crippen molar-refractivity contribution in [1.82, 2.24) is 14.9 Å². The molecule has 16 heavy (non-hydrogen) atoms. The summed E-state index contributed by atoms with van der Waals surface area (Å²) in [5.41, 5.74) is -0.278. The maximum atomic E-state index is 11.8. The van der Waals surface area contributed by atoms with Crippen LogP contribution in [0.3, 0.4) is 0 Å². The van der Waals surface area contributed by atoms with Crippen LogP contribution in [-0.2, 0) is 11.3 Å². The predicted octanol–water partition coefficient (Wildman–Crippen LogP) is 0.0553. The van der Waals surface area contributed by atoms with Gasteiger partial charge in [-0.3, -0.25) is 19.5 Å². The molecule has 0 aliphatic heterocycles. The largest absolute Gasteiger partial charge is 0.289 e. The molecule has 80 valence electrons. The number of amides is 1. The Kier molecular flexibility index (Phi) is 2.66. The molecule has 0 aliphatic rings. The first-order valence-corrected chi connectivity index (χ1v) is 5.21. The minimum Gasteiger partial charge on any atom is -0.289 e. The number of nitriles is 1. The van der Waals surface area contributed by atoms with Crippen molar-refractivity contribution in [1.29, 1.82) is 5.26 Å². The lowest BCUT2D eigenvalue weighted by Gasteiger charge is -2.02. The first kappa shape index (κ1) is 10.3. The maximum Gasteiger partial charge on any atom is 0.262 e. The Morgan fingerprint density at radius 1 is 1.69 bits per heavy atom. The van der Waals surface area contributed by atoms with Crippen molar-refractivity contribution in [2.75, 3.05) is 0 Å². The summed E-state index contributed by atoms with van der Waals surface area (Å²) >= 11 is 1.36. The summed E-state index contributed by atoms with van der Waals surface area (Å²) in [6.07, 6.45) is 2.81. The van der Waals surface area contributed by atoms with E-state index >= 15 is 0 Å². The van der Waals surface area contributed by atoms with Crippen molar-refractivity contribution in [3.8, 4) is 6.19 Å². The zero-order valence-corrected chi connectivity index (χ0v) is 8.82. The van der Waals surface area contributed by atoms with Gasteiger partial charge in [0.2, 0.25) is 0 Å². The van der Waals surface area contributed by atoms with Gasteiger partial charge in [-0.1, -0.05) is 0 Å². The summed E-state index contributed by atoms with van der Waals surface area (Å²) in [6, 6.07) is 1.66. The van der Waals surface area contributed by atoms with Crippen LogP contribution in [0.5, 0.6) is 0 Å². The van der Waals surface area contributed by atoms with Crippen LogP contribution in [0.25, 0.3) is 10.2 Å². The van der Waals surface area contributed by atoms with Gasteiger partial charge in [0, 0.05) is 0 Å². The Labute approximate surface area is 93.8 Å². The molecular formula is C9H6N4O2S. The average molecular weight is 234 g/mol. The van der Waals surface area contributed by atoms with Crippen LogP contribution in [0.2, 0.25) is 0 Å². The Morgan fingerprint density at radius 3 is 3.25 bits per heavy atom. The number of nitrogens with zero attached hydrogens (tertiary/aromatic N) is 3. The second-order valence-corrected chi connectivity index (χ2v) is 3.87. The summed E-state index contributed by atoms with van der Waals surface area (Å²) in [6.45, 7) is -0.203. The molecule has 0 bridgehead atoms. The monoisotopic (exact) mass is 234 g/mol. The fraction of sp³-hybridized carbons (Fsp3) is 0.111. The molecule has 2 aromatic heterocycles. The molecule has 0 aromatic carbocycles. The van der Waals surface area contributed by atoms with Crippen LogP contribution in [0.15, 0.2) is 22.6 Å². The van der Waals surface area contributed by atoms with Crippen molar-refractivity contribution in [3.05, 3.63) is 28.1 Å². The topological polar surface area (TPSA) is 87.8 Å². The number of fused-ring (bicyclic) bond motifs is 1. The maximum absolute atomic E-state index is 11.8. The number of hydrogen-bond acceptors (Lipinski definition) is 5. The number of carbonyl (C=O) groups is 1. The van der Waals surface area contributed by atoms with Crippen molar-refractivity contribution in [3.63, 3.8) is 0 Å². The standard InChI is InChI=1S/C9H6N4O2S/c10-4-11-7(14)3-13-5-12-8-6(9(13)15)1-2-16-8/h1-2,5H,3H2,(H,11,14). The minimum atomic E-state index is -0.541. The van der Waals surface area contributed by atoms with E-state index in [0.29, 0.717) is 10.2 Å². The first-order chi connectivity index (χ1) is 7.72. The van der Waals surface area contributed by atoms with Gasteiger partial charge in [-0.2, -0.15) is 5.26 Å². The van der Waals surface area contributed by atoms with Crippen molar-refractivity contribution < 1.29 is 4.79 Å². The second-order valence-electron chi connectivity index (χ2n) is 2.98. The number of aromatic nitrogens is 2. The molecule has 1 amide bonds. The van der Waals surface area contributed by atoms with Crippen molar-refractivity contribution >= 4 is 27.5 Å². The van der Waals surface area contributed by atoms with E-state index in [2.05, 4.69) is 4.98 Å². The summed E-state index contributed by atoms with van der Waals surface area (Å²) in [5, 5.41) is 12.4. The molecule has 0 atom stereocenters. The molecule has 2 aromatic rings. The Hall–Kier alpha value is -2.20. The third-order valence-corrected chi connectivity index (χ3v) is 2.78. The van der Waals surface area contributed by atoms with Gasteiger partial charge in [-0.25, -0.2) is 4.98 Å². The van der Waals surface area contributed by atoms with E-state index in [-0.39, 0.29) is 12.1 Å². The summed E-state index contributed by atoms with van der Waals surface area (Å²) < 4.78 is 1.17. The van der Waals surface area contributed by atoms with Gasteiger partial charge in [0.1, 0.15) is 11.4 Å². The van der Waals surface area contributed by atoms with E-state index in [1.54, 1.807) is 11.4 Å². The van der Waals surface area contributed by atoms with Crippen molar-refractivity contribution in [2.24, 2.45) is 0 Å². The SMILES string of the molecule is N#CNC(=O)Cn1cnc2sccc2c1=O. The fourth-order valence-corrected chi connectivity index (χ4v) is 1.99. The second kappa shape index (κ2) is 4.12. The van der Waals surface area contributed by atoms with Crippen LogP contribution in [0.1, 0.15) is 0 Å². The van der Waals surface area contributed by atoms with Gasteiger partial charge in [-0.15, -0.1) is 11.3 Å². The number of hydrogen-bond donors (Lipinski definition) is 1. The lowest BCUT2D eigenvalue weighted by atomic mass is 10.4. The highest BCUT2D eigenvalue weighted by molar-refractivity contribution is 7.16. The van der Waals surface area contributed by atoms with E-state index in [0.717, 1.165) is 0 Å². The summed E-state index contributed by atoms with van der Waals surface area (Å²) in [5.74, 6) is -0.541. The van der Waals surface area contributed by atoms with Gasteiger partial charge < -0.3 is 0 Å². The van der Waals surface area contributed by atoms with Crippen LogP contribution < -0.4 is 10.9 Å². The van der Waals surface area contributed by atoms with Gasteiger partial charge in [0.25, 0.3) is 11.5 Å². The molecule has 2 heterocycles. The number of carbonyl (C=O) groups excluding carboxylic acids is 1. The number of rotatable bonds is 2. The van der Waals surface area contributed by atoms with Crippen LogP contribution in [-0.4, -0.2) is 15.5 Å². The highest BCUT2D eigenvalue weighted by Gasteiger charge is 2.07. The highest BCUT2D eigenvalue weighted by Crippen LogP contribution is 2.12. The van der Waals surface area contributed by atoms with E-state index in [9.17, 15) is 9.59 Å². The molecule has 1 N–H and O–H groups in total. The van der Waals surface area contributed by atoms with Crippen molar-refractivity contribution in [2.45, 2.75) is 6.54 Å². The quantitative estimate of drug-likeness (QED) is 0.587. The number of nitrogens with one attached hydrogen (secondary N) is 1. The third kappa shape index (κ3) is 1.78. The normalized spacial score (nSPS) is 9.94. The van der Waals surface area contributed by atoms with E-state index < -0.39 is 5.91 Å². The van der Waals surface area contributed by atoms with E-state index in [1.165, 1.54) is 28.4 Å². The third-order valence-electron chi connectivity index (χ3n) is 1.96. The zero-order valence-electron chi connectivity index (χ0n) is 8.01. The average Bonchev–Trinajstić information content (AvgIpc) is 2.71. The fourth-order valence-electron chi connectivity index (χ4n) is 1.26. The van der Waals surface area contributed by atoms with Crippen LogP contribution in [0, 0.1) is 11.5 Å². The van der Waals surface area contributed by atoms with Gasteiger partial charge in [0.05, 0.1) is 11.7 Å². The molecule has 6 nitrogen and oxygen atoms in total. The molecule has 0 saturated carbocycles. The molecule has 2 rings (SSSR count). The molecule has 0 unspecified atom stereocenters. The smallest absolute Gasteiger partial charge is 0.262 e. The lowest BCUT2D eigenvalue weighted by Crippen LogP contribution is -2.29. The summed E-state index contributed by atoms with van der Waals surface area (Å²) in [7, 11) is 0. The molecule has 0 radical (unpaired) electrons. The molecule has 0 aliphatic carbocycles. The Morgan fingerprint density at radius 2 is 2.50 bits per heavy atom. The Bertz CT molecular complexity index is 637. The summed E-state index contributed by atoms with van der Waals surface area (Å²) in [4.78, 5) is 27.6. The highest BCUT2D eigenvalue weighted by atomic mass is 32.1. The first-order valence-electron chi connectivity index (χ1n) is 4.33. The number of thiophene rings is 1. The van der Waals surface area contributed by atoms with E-state index in [4.69, 9.17) is 5.26 Å². The van der Waals surface area contributed by atoms with Crippen LogP contribution in [0.4, 0.5) is 0 Å². The van der Waals surface area contributed by atoms with Crippen LogP contribution >= 0.6 is 11.3 Å². The molecule has 0 saturated heterocycles. The van der Waals surface area contributed by atoms with Gasteiger partial charge in [-0.05, 0) is 11.4 Å². The molecule has 0 spiro atoms.